The summed E-state index contributed by atoms with van der Waals surface area (Å²) in [5.41, 5.74) is 1.38. The van der Waals surface area contributed by atoms with E-state index >= 15 is 0 Å². The van der Waals surface area contributed by atoms with E-state index in [9.17, 15) is 4.79 Å². The molecular formula is C15H24N4O. The molecule has 0 saturated carbocycles. The van der Waals surface area contributed by atoms with E-state index in [-0.39, 0.29) is 11.9 Å². The lowest BCUT2D eigenvalue weighted by atomic mass is 10.0. The second kappa shape index (κ2) is 7.24. The maximum Gasteiger partial charge on any atom is 0.270 e. The number of likely N-dealkylation sites (tertiary alicyclic amines) is 1. The number of hydrogen-bond donors (Lipinski definition) is 2. The van der Waals surface area contributed by atoms with Crippen LogP contribution < -0.4 is 10.6 Å². The van der Waals surface area contributed by atoms with E-state index in [1.165, 1.54) is 6.42 Å². The van der Waals surface area contributed by atoms with Crippen LogP contribution in [0.15, 0.2) is 18.3 Å². The predicted molar refractivity (Wildman–Crippen MR) is 81.0 cm³/mol. The topological polar surface area (TPSA) is 57.3 Å². The quantitative estimate of drug-likeness (QED) is 0.860. The zero-order chi connectivity index (χ0) is 14.4. The number of piperidine rings is 1. The fourth-order valence-electron chi connectivity index (χ4n) is 2.59. The Hall–Kier alpha value is -1.62. The standard InChI is InChI=1S/C15H24N4O/c1-3-8-19-9-5-12(6-10-19)18-15(20)14-11-13(16-2)4-7-17-14/h4,7,11-12H,3,5-6,8-10H2,1-2H3,(H,16,17)(H,18,20). The number of hydrogen-bond acceptors (Lipinski definition) is 4. The Morgan fingerprint density at radius 1 is 1.45 bits per heavy atom. The Morgan fingerprint density at radius 2 is 2.20 bits per heavy atom. The number of aromatic nitrogens is 1. The molecule has 0 atom stereocenters. The summed E-state index contributed by atoms with van der Waals surface area (Å²) >= 11 is 0. The summed E-state index contributed by atoms with van der Waals surface area (Å²) in [5, 5.41) is 6.11. The molecule has 2 rings (SSSR count). The van der Waals surface area contributed by atoms with Crippen molar-refractivity contribution in [3.05, 3.63) is 24.0 Å². The zero-order valence-corrected chi connectivity index (χ0v) is 12.4. The molecule has 1 aliphatic heterocycles. The molecule has 1 saturated heterocycles. The Labute approximate surface area is 120 Å². The molecule has 5 nitrogen and oxygen atoms in total. The van der Waals surface area contributed by atoms with Crippen molar-refractivity contribution >= 4 is 11.6 Å². The summed E-state index contributed by atoms with van der Waals surface area (Å²) in [6.07, 6.45) is 4.90. The molecule has 20 heavy (non-hydrogen) atoms. The molecule has 2 N–H and O–H groups in total. The zero-order valence-electron chi connectivity index (χ0n) is 12.4. The second-order valence-corrected chi connectivity index (χ2v) is 5.27. The number of carbonyl (C=O) groups excluding carboxylic acids is 1. The van der Waals surface area contributed by atoms with E-state index < -0.39 is 0 Å². The third kappa shape index (κ3) is 3.93. The van der Waals surface area contributed by atoms with Crippen LogP contribution in [-0.4, -0.2) is 48.5 Å². The monoisotopic (exact) mass is 276 g/mol. The van der Waals surface area contributed by atoms with Gasteiger partial charge >= 0.3 is 0 Å². The van der Waals surface area contributed by atoms with Crippen LogP contribution in [0, 0.1) is 0 Å². The molecule has 1 amide bonds. The molecule has 0 radical (unpaired) electrons. The first-order valence-electron chi connectivity index (χ1n) is 7.40. The van der Waals surface area contributed by atoms with Crippen LogP contribution >= 0.6 is 0 Å². The average Bonchev–Trinajstić information content (AvgIpc) is 2.49. The third-order valence-corrected chi connectivity index (χ3v) is 3.74. The Balaban J connectivity index is 1.86. The molecule has 2 heterocycles. The van der Waals surface area contributed by atoms with Crippen LogP contribution in [0.4, 0.5) is 5.69 Å². The van der Waals surface area contributed by atoms with Crippen molar-refractivity contribution in [1.82, 2.24) is 15.2 Å². The van der Waals surface area contributed by atoms with Crippen molar-refractivity contribution in [3.8, 4) is 0 Å². The summed E-state index contributed by atoms with van der Waals surface area (Å²) in [6, 6.07) is 3.90. The van der Waals surface area contributed by atoms with E-state index in [0.29, 0.717) is 5.69 Å². The van der Waals surface area contributed by atoms with E-state index in [4.69, 9.17) is 0 Å². The van der Waals surface area contributed by atoms with Gasteiger partial charge in [-0.3, -0.25) is 9.78 Å². The molecule has 0 bridgehead atoms. The summed E-state index contributed by atoms with van der Waals surface area (Å²) < 4.78 is 0. The van der Waals surface area contributed by atoms with Gasteiger partial charge in [-0.15, -0.1) is 0 Å². The molecule has 5 heteroatoms. The number of rotatable bonds is 5. The van der Waals surface area contributed by atoms with Crippen molar-refractivity contribution in [2.75, 3.05) is 32.0 Å². The van der Waals surface area contributed by atoms with E-state index in [1.54, 1.807) is 12.3 Å². The number of carbonyl (C=O) groups is 1. The highest BCUT2D eigenvalue weighted by atomic mass is 16.1. The van der Waals surface area contributed by atoms with E-state index in [0.717, 1.165) is 38.2 Å². The predicted octanol–water partition coefficient (Wildman–Crippen LogP) is 1.73. The Morgan fingerprint density at radius 3 is 2.85 bits per heavy atom. The van der Waals surface area contributed by atoms with E-state index in [1.807, 2.05) is 13.1 Å². The van der Waals surface area contributed by atoms with Gasteiger partial charge in [-0.2, -0.15) is 0 Å². The molecule has 0 aliphatic carbocycles. The molecule has 0 spiro atoms. The fraction of sp³-hybridized carbons (Fsp3) is 0.600. The number of amides is 1. The molecule has 0 unspecified atom stereocenters. The molecule has 110 valence electrons. The van der Waals surface area contributed by atoms with Crippen LogP contribution in [0.5, 0.6) is 0 Å². The van der Waals surface area contributed by atoms with Crippen LogP contribution in [0.2, 0.25) is 0 Å². The van der Waals surface area contributed by atoms with Gasteiger partial charge in [0.1, 0.15) is 5.69 Å². The summed E-state index contributed by atoms with van der Waals surface area (Å²) in [5.74, 6) is -0.0731. The molecule has 0 aromatic carbocycles. The average molecular weight is 276 g/mol. The van der Waals surface area contributed by atoms with Gasteiger partial charge < -0.3 is 15.5 Å². The third-order valence-electron chi connectivity index (χ3n) is 3.74. The maximum atomic E-state index is 12.2. The maximum absolute atomic E-state index is 12.2. The van der Waals surface area contributed by atoms with Gasteiger partial charge in [0, 0.05) is 38.1 Å². The number of nitrogens with zero attached hydrogens (tertiary/aromatic N) is 2. The van der Waals surface area contributed by atoms with Gasteiger partial charge in [0.2, 0.25) is 0 Å². The van der Waals surface area contributed by atoms with Crippen LogP contribution in [0.1, 0.15) is 36.7 Å². The van der Waals surface area contributed by atoms with Gasteiger partial charge in [0.05, 0.1) is 0 Å². The molecular weight excluding hydrogens is 252 g/mol. The minimum atomic E-state index is -0.0731. The van der Waals surface area contributed by atoms with Crippen molar-refractivity contribution in [2.24, 2.45) is 0 Å². The van der Waals surface area contributed by atoms with Gasteiger partial charge in [0.15, 0.2) is 0 Å². The van der Waals surface area contributed by atoms with Crippen molar-refractivity contribution in [1.29, 1.82) is 0 Å². The van der Waals surface area contributed by atoms with Gasteiger partial charge in [-0.05, 0) is 37.9 Å². The van der Waals surface area contributed by atoms with Gasteiger partial charge in [-0.25, -0.2) is 0 Å². The molecule has 1 fully saturated rings. The number of pyridine rings is 1. The first-order valence-corrected chi connectivity index (χ1v) is 7.40. The van der Waals surface area contributed by atoms with Crippen molar-refractivity contribution in [3.63, 3.8) is 0 Å². The summed E-state index contributed by atoms with van der Waals surface area (Å²) in [7, 11) is 1.83. The lowest BCUT2D eigenvalue weighted by Crippen LogP contribution is -2.44. The lowest BCUT2D eigenvalue weighted by molar-refractivity contribution is 0.0906. The summed E-state index contributed by atoms with van der Waals surface area (Å²) in [6.45, 7) is 5.51. The Bertz CT molecular complexity index is 441. The number of nitrogens with one attached hydrogen (secondary N) is 2. The minimum Gasteiger partial charge on any atom is -0.388 e. The van der Waals surface area contributed by atoms with Gasteiger partial charge in [-0.1, -0.05) is 6.92 Å². The fourth-order valence-corrected chi connectivity index (χ4v) is 2.59. The smallest absolute Gasteiger partial charge is 0.270 e. The molecule has 1 aliphatic rings. The largest absolute Gasteiger partial charge is 0.388 e. The molecule has 1 aromatic rings. The highest BCUT2D eigenvalue weighted by Gasteiger charge is 2.21. The highest BCUT2D eigenvalue weighted by Crippen LogP contribution is 2.12. The molecule has 1 aromatic heterocycles. The summed E-state index contributed by atoms with van der Waals surface area (Å²) in [4.78, 5) is 18.8. The minimum absolute atomic E-state index is 0.0731. The van der Waals surface area contributed by atoms with Crippen molar-refractivity contribution in [2.45, 2.75) is 32.2 Å². The first-order chi connectivity index (χ1) is 9.72. The second-order valence-electron chi connectivity index (χ2n) is 5.27. The lowest BCUT2D eigenvalue weighted by Gasteiger charge is -2.32. The number of anilines is 1. The van der Waals surface area contributed by atoms with Crippen molar-refractivity contribution < 1.29 is 4.79 Å². The van der Waals surface area contributed by atoms with Crippen LogP contribution in [0.25, 0.3) is 0 Å². The van der Waals surface area contributed by atoms with Gasteiger partial charge in [0.25, 0.3) is 5.91 Å². The highest BCUT2D eigenvalue weighted by molar-refractivity contribution is 5.93. The first kappa shape index (κ1) is 14.8. The van der Waals surface area contributed by atoms with E-state index in [2.05, 4.69) is 27.4 Å². The normalized spacial score (nSPS) is 16.9. The van der Waals surface area contributed by atoms with Crippen LogP contribution in [0.3, 0.4) is 0 Å². The van der Waals surface area contributed by atoms with Crippen LogP contribution in [-0.2, 0) is 0 Å². The Kier molecular flexibility index (Phi) is 5.35. The SMILES string of the molecule is CCCN1CCC(NC(=O)c2cc(NC)ccn2)CC1.